The van der Waals surface area contributed by atoms with Gasteiger partial charge in [0.1, 0.15) is 11.5 Å². The van der Waals surface area contributed by atoms with Gasteiger partial charge in [0.05, 0.1) is 20.3 Å². The van der Waals surface area contributed by atoms with Gasteiger partial charge in [-0.2, -0.15) is 0 Å². The van der Waals surface area contributed by atoms with Crippen molar-refractivity contribution in [2.24, 2.45) is 0 Å². The summed E-state index contributed by atoms with van der Waals surface area (Å²) in [6.45, 7) is 2.18. The maximum absolute atomic E-state index is 10.2. The molecule has 0 bridgehead atoms. The Balaban J connectivity index is 2.63. The van der Waals surface area contributed by atoms with Crippen molar-refractivity contribution in [1.82, 2.24) is 0 Å². The van der Waals surface area contributed by atoms with E-state index in [4.69, 9.17) is 9.47 Å². The normalized spacial score (nSPS) is 12.2. The van der Waals surface area contributed by atoms with Gasteiger partial charge in [-0.3, -0.25) is 0 Å². The number of unbranched alkanes of at least 4 members (excludes halogenated alkanes) is 3. The van der Waals surface area contributed by atoms with Crippen LogP contribution < -0.4 is 9.47 Å². The van der Waals surface area contributed by atoms with Crippen LogP contribution in [0.2, 0.25) is 0 Å². The highest BCUT2D eigenvalue weighted by Gasteiger charge is 2.13. The number of ether oxygens (including phenoxy) is 2. The Kier molecular flexibility index (Phi) is 6.58. The fraction of sp³-hybridized carbons (Fsp3) is 0.600. The Bertz CT molecular complexity index is 350. The van der Waals surface area contributed by atoms with Gasteiger partial charge in [-0.05, 0) is 18.6 Å². The quantitative estimate of drug-likeness (QED) is 0.717. The average Bonchev–Trinajstić information content (AvgIpc) is 2.42. The molecule has 1 aromatic rings. The molecule has 0 fully saturated rings. The molecule has 0 saturated carbocycles. The first-order valence-electron chi connectivity index (χ1n) is 6.63. The van der Waals surface area contributed by atoms with E-state index < -0.39 is 6.10 Å². The Hall–Kier alpha value is -1.22. The van der Waals surface area contributed by atoms with E-state index in [2.05, 4.69) is 6.92 Å². The molecule has 3 nitrogen and oxygen atoms in total. The molecule has 0 spiro atoms. The Morgan fingerprint density at radius 3 is 2.50 bits per heavy atom. The molecule has 0 aromatic heterocycles. The Labute approximate surface area is 110 Å². The number of hydrogen-bond donors (Lipinski definition) is 1. The van der Waals surface area contributed by atoms with Crippen molar-refractivity contribution < 1.29 is 14.6 Å². The first-order chi connectivity index (χ1) is 8.72. The zero-order valence-electron chi connectivity index (χ0n) is 11.6. The molecule has 0 radical (unpaired) electrons. The molecular weight excluding hydrogens is 228 g/mol. The largest absolute Gasteiger partial charge is 0.497 e. The van der Waals surface area contributed by atoms with Crippen LogP contribution in [0.3, 0.4) is 0 Å². The minimum absolute atomic E-state index is 0.456. The highest BCUT2D eigenvalue weighted by Crippen LogP contribution is 2.31. The first-order valence-corrected chi connectivity index (χ1v) is 6.63. The van der Waals surface area contributed by atoms with E-state index in [1.54, 1.807) is 14.2 Å². The number of benzene rings is 1. The van der Waals surface area contributed by atoms with E-state index in [9.17, 15) is 5.11 Å². The van der Waals surface area contributed by atoms with Crippen LogP contribution >= 0.6 is 0 Å². The van der Waals surface area contributed by atoms with Crippen molar-refractivity contribution in [2.75, 3.05) is 14.2 Å². The fourth-order valence-electron chi connectivity index (χ4n) is 2.01. The summed E-state index contributed by atoms with van der Waals surface area (Å²) in [6.07, 6.45) is 4.98. The summed E-state index contributed by atoms with van der Waals surface area (Å²) in [7, 11) is 3.23. The molecule has 1 aromatic carbocycles. The summed E-state index contributed by atoms with van der Waals surface area (Å²) in [5.41, 5.74) is 0.842. The smallest absolute Gasteiger partial charge is 0.128 e. The van der Waals surface area contributed by atoms with E-state index in [1.807, 2.05) is 18.2 Å². The highest BCUT2D eigenvalue weighted by atomic mass is 16.5. The molecular formula is C15H24O3. The molecule has 0 amide bonds. The van der Waals surface area contributed by atoms with Crippen molar-refractivity contribution in [2.45, 2.75) is 45.1 Å². The number of methoxy groups -OCH3 is 2. The van der Waals surface area contributed by atoms with Gasteiger partial charge in [-0.15, -0.1) is 0 Å². The van der Waals surface area contributed by atoms with Crippen molar-refractivity contribution in [3.05, 3.63) is 23.8 Å². The molecule has 1 atom stereocenters. The van der Waals surface area contributed by atoms with Crippen LogP contribution in [-0.2, 0) is 0 Å². The molecule has 18 heavy (non-hydrogen) atoms. The maximum Gasteiger partial charge on any atom is 0.128 e. The molecule has 3 heteroatoms. The molecule has 1 N–H and O–H groups in total. The van der Waals surface area contributed by atoms with Crippen molar-refractivity contribution >= 4 is 0 Å². The van der Waals surface area contributed by atoms with Gasteiger partial charge in [-0.1, -0.05) is 32.6 Å². The summed E-state index contributed by atoms with van der Waals surface area (Å²) in [5.74, 6) is 1.44. The predicted molar refractivity (Wildman–Crippen MR) is 73.3 cm³/mol. The van der Waals surface area contributed by atoms with Crippen LogP contribution in [0.4, 0.5) is 0 Å². The summed E-state index contributed by atoms with van der Waals surface area (Å²) in [5, 5.41) is 10.2. The lowest BCUT2D eigenvalue weighted by molar-refractivity contribution is 0.159. The van der Waals surface area contributed by atoms with Crippen LogP contribution in [0.5, 0.6) is 11.5 Å². The molecule has 0 saturated heterocycles. The lowest BCUT2D eigenvalue weighted by Gasteiger charge is -2.15. The minimum Gasteiger partial charge on any atom is -0.497 e. The topological polar surface area (TPSA) is 38.7 Å². The van der Waals surface area contributed by atoms with Crippen LogP contribution in [0, 0.1) is 0 Å². The number of rotatable bonds is 8. The fourth-order valence-corrected chi connectivity index (χ4v) is 2.01. The molecule has 0 aliphatic heterocycles. The van der Waals surface area contributed by atoms with Gasteiger partial charge in [0.15, 0.2) is 0 Å². The Morgan fingerprint density at radius 2 is 1.89 bits per heavy atom. The van der Waals surface area contributed by atoms with Crippen LogP contribution in [0.1, 0.15) is 50.7 Å². The highest BCUT2D eigenvalue weighted by molar-refractivity contribution is 5.41. The van der Waals surface area contributed by atoms with E-state index in [1.165, 1.54) is 19.3 Å². The minimum atomic E-state index is -0.456. The summed E-state index contributed by atoms with van der Waals surface area (Å²) in [6, 6.07) is 5.54. The zero-order valence-corrected chi connectivity index (χ0v) is 11.6. The van der Waals surface area contributed by atoms with Crippen molar-refractivity contribution in [1.29, 1.82) is 0 Å². The molecule has 0 aliphatic rings. The standard InChI is InChI=1S/C15H24O3/c1-4-5-6-7-8-14(16)13-10-9-12(17-2)11-15(13)18-3/h9-11,14,16H,4-8H2,1-3H3. The van der Waals surface area contributed by atoms with E-state index in [0.717, 1.165) is 24.2 Å². The Morgan fingerprint density at radius 1 is 1.11 bits per heavy atom. The van der Waals surface area contributed by atoms with Gasteiger partial charge in [-0.25, -0.2) is 0 Å². The van der Waals surface area contributed by atoms with Crippen LogP contribution in [0.25, 0.3) is 0 Å². The molecule has 1 rings (SSSR count). The van der Waals surface area contributed by atoms with E-state index >= 15 is 0 Å². The lowest BCUT2D eigenvalue weighted by Crippen LogP contribution is -2.01. The average molecular weight is 252 g/mol. The second-order valence-electron chi connectivity index (χ2n) is 4.47. The van der Waals surface area contributed by atoms with Gasteiger partial charge in [0.25, 0.3) is 0 Å². The predicted octanol–water partition coefficient (Wildman–Crippen LogP) is 3.71. The molecule has 0 aliphatic carbocycles. The summed E-state index contributed by atoms with van der Waals surface area (Å²) in [4.78, 5) is 0. The first kappa shape index (κ1) is 14.8. The third kappa shape index (κ3) is 4.22. The third-order valence-corrected chi connectivity index (χ3v) is 3.13. The zero-order chi connectivity index (χ0) is 13.4. The maximum atomic E-state index is 10.2. The third-order valence-electron chi connectivity index (χ3n) is 3.13. The van der Waals surface area contributed by atoms with E-state index in [-0.39, 0.29) is 0 Å². The van der Waals surface area contributed by atoms with Crippen LogP contribution in [-0.4, -0.2) is 19.3 Å². The van der Waals surface area contributed by atoms with Crippen molar-refractivity contribution in [3.8, 4) is 11.5 Å². The summed E-state index contributed by atoms with van der Waals surface area (Å²) >= 11 is 0. The van der Waals surface area contributed by atoms with Gasteiger partial charge < -0.3 is 14.6 Å². The van der Waals surface area contributed by atoms with Gasteiger partial charge in [0, 0.05) is 11.6 Å². The number of hydrogen-bond acceptors (Lipinski definition) is 3. The second kappa shape index (κ2) is 7.98. The number of aliphatic hydroxyl groups is 1. The van der Waals surface area contributed by atoms with Gasteiger partial charge in [0.2, 0.25) is 0 Å². The lowest BCUT2D eigenvalue weighted by atomic mass is 10.0. The second-order valence-corrected chi connectivity index (χ2v) is 4.47. The van der Waals surface area contributed by atoms with E-state index in [0.29, 0.717) is 5.75 Å². The summed E-state index contributed by atoms with van der Waals surface area (Å²) < 4.78 is 10.4. The molecule has 1 unspecified atom stereocenters. The van der Waals surface area contributed by atoms with Gasteiger partial charge >= 0.3 is 0 Å². The monoisotopic (exact) mass is 252 g/mol. The van der Waals surface area contributed by atoms with Crippen molar-refractivity contribution in [3.63, 3.8) is 0 Å². The SMILES string of the molecule is CCCCCCC(O)c1ccc(OC)cc1OC. The van der Waals surface area contributed by atoms with Crippen LogP contribution in [0.15, 0.2) is 18.2 Å². The number of aliphatic hydroxyl groups excluding tert-OH is 1. The molecule has 102 valence electrons. The molecule has 0 heterocycles.